The Morgan fingerprint density at radius 1 is 1.04 bits per heavy atom. The lowest BCUT2D eigenvalue weighted by Crippen LogP contribution is -2.62. The Balaban J connectivity index is 0.000000173. The third kappa shape index (κ3) is 4.90. The number of hydrogen-bond acceptors (Lipinski definition) is 9. The lowest BCUT2D eigenvalue weighted by molar-refractivity contribution is -0.157. The van der Waals surface area contributed by atoms with Crippen LogP contribution in [0.2, 0.25) is 0 Å². The number of benzene rings is 1. The summed E-state index contributed by atoms with van der Waals surface area (Å²) in [5.74, 6) is 0.786. The highest BCUT2D eigenvalue weighted by Gasteiger charge is 2.48. The number of esters is 1. The first-order valence-electron chi connectivity index (χ1n) is 14.5. The highest BCUT2D eigenvalue weighted by molar-refractivity contribution is 5.96. The number of amides is 2. The van der Waals surface area contributed by atoms with Crippen molar-refractivity contribution in [2.75, 3.05) is 27.5 Å². The van der Waals surface area contributed by atoms with Gasteiger partial charge in [-0.05, 0) is 42.0 Å². The molecule has 7 heterocycles. The standard InChI is InChI=1S/C21H18N4O4.C11H13N3O2/c1-23-10-18(26)25-15(21(23)27)9-13-14-4-2-3-7-24(14)22-19(13)20(25)12-5-6-16-17(8-12)29-11-28-16;1-16-11(15)9(12)6-8-7-13-14-5-3-2-4-10(8)14/h2-8,15,20H,9-11H2,1H3;2-5,7,9H,6,12H2,1H3/t15-,20-;/m1./s1. The fourth-order valence-electron chi connectivity index (χ4n) is 6.26. The van der Waals surface area contributed by atoms with Crippen LogP contribution in [-0.2, 0) is 32.0 Å². The summed E-state index contributed by atoms with van der Waals surface area (Å²) in [6, 6.07) is 15.6. The molecule has 0 radical (unpaired) electrons. The van der Waals surface area contributed by atoms with Gasteiger partial charge in [0.2, 0.25) is 18.6 Å². The molecule has 0 saturated carbocycles. The minimum Gasteiger partial charge on any atom is -0.468 e. The summed E-state index contributed by atoms with van der Waals surface area (Å²) < 4.78 is 19.1. The van der Waals surface area contributed by atoms with Crippen LogP contribution < -0.4 is 15.2 Å². The van der Waals surface area contributed by atoms with E-state index in [0.29, 0.717) is 24.3 Å². The van der Waals surface area contributed by atoms with E-state index in [0.717, 1.165) is 33.4 Å². The second-order valence-electron chi connectivity index (χ2n) is 11.2. The number of methoxy groups -OCH3 is 1. The first kappa shape index (κ1) is 28.3. The molecule has 0 bridgehead atoms. The number of hydrogen-bond donors (Lipinski definition) is 1. The van der Waals surface area contributed by atoms with Gasteiger partial charge in [-0.2, -0.15) is 10.2 Å². The summed E-state index contributed by atoms with van der Waals surface area (Å²) in [6.07, 6.45) is 6.35. The van der Waals surface area contributed by atoms with Crippen LogP contribution in [0.1, 0.15) is 28.4 Å². The molecule has 1 saturated heterocycles. The molecule has 3 aliphatic heterocycles. The van der Waals surface area contributed by atoms with Crippen molar-refractivity contribution in [3.63, 3.8) is 0 Å². The number of aromatic nitrogens is 4. The first-order chi connectivity index (χ1) is 21.8. The van der Waals surface area contributed by atoms with E-state index in [-0.39, 0.29) is 25.2 Å². The zero-order chi connectivity index (χ0) is 31.2. The van der Waals surface area contributed by atoms with E-state index < -0.39 is 24.1 Å². The molecule has 230 valence electrons. The molecule has 4 aromatic heterocycles. The number of ether oxygens (including phenoxy) is 3. The van der Waals surface area contributed by atoms with Crippen LogP contribution >= 0.6 is 0 Å². The molecule has 2 N–H and O–H groups in total. The van der Waals surface area contributed by atoms with Crippen molar-refractivity contribution >= 4 is 28.8 Å². The molecule has 3 atom stereocenters. The minimum absolute atomic E-state index is 0.0451. The Morgan fingerprint density at radius 2 is 1.80 bits per heavy atom. The first-order valence-corrected chi connectivity index (χ1v) is 14.5. The molecule has 8 rings (SSSR count). The van der Waals surface area contributed by atoms with Crippen molar-refractivity contribution in [3.05, 3.63) is 95.6 Å². The molecule has 5 aromatic rings. The quantitative estimate of drug-likeness (QED) is 0.301. The third-order valence-electron chi connectivity index (χ3n) is 8.43. The largest absolute Gasteiger partial charge is 0.468 e. The van der Waals surface area contributed by atoms with Gasteiger partial charge in [-0.25, -0.2) is 9.03 Å². The normalized spacial score (nSPS) is 19.2. The molecule has 45 heavy (non-hydrogen) atoms. The summed E-state index contributed by atoms with van der Waals surface area (Å²) in [4.78, 5) is 40.5. The van der Waals surface area contributed by atoms with E-state index >= 15 is 0 Å². The molecule has 13 nitrogen and oxygen atoms in total. The van der Waals surface area contributed by atoms with Gasteiger partial charge in [0.1, 0.15) is 18.1 Å². The van der Waals surface area contributed by atoms with Gasteiger partial charge in [-0.3, -0.25) is 14.4 Å². The number of piperazine rings is 1. The number of nitrogens with zero attached hydrogens (tertiary/aromatic N) is 6. The average Bonchev–Trinajstić information content (AvgIpc) is 3.79. The van der Waals surface area contributed by atoms with Crippen molar-refractivity contribution in [3.8, 4) is 11.5 Å². The number of pyridine rings is 2. The molecular formula is C32H31N7O6. The van der Waals surface area contributed by atoms with Crippen LogP contribution in [0.4, 0.5) is 0 Å². The molecule has 1 fully saturated rings. The monoisotopic (exact) mass is 609 g/mol. The van der Waals surface area contributed by atoms with Gasteiger partial charge in [0, 0.05) is 43.4 Å². The number of carbonyl (C=O) groups excluding carboxylic acids is 3. The number of carbonyl (C=O) groups is 3. The van der Waals surface area contributed by atoms with Crippen LogP contribution in [-0.4, -0.2) is 86.4 Å². The van der Waals surface area contributed by atoms with E-state index in [9.17, 15) is 14.4 Å². The van der Waals surface area contributed by atoms with Gasteiger partial charge in [0.05, 0.1) is 36.6 Å². The third-order valence-corrected chi connectivity index (χ3v) is 8.43. The van der Waals surface area contributed by atoms with Crippen molar-refractivity contribution in [2.24, 2.45) is 5.73 Å². The molecule has 13 heteroatoms. The summed E-state index contributed by atoms with van der Waals surface area (Å²) in [5, 5.41) is 8.97. The van der Waals surface area contributed by atoms with E-state index in [1.54, 1.807) is 22.7 Å². The number of rotatable bonds is 4. The fraction of sp³-hybridized carbons (Fsp3) is 0.281. The average molecular weight is 610 g/mol. The molecule has 0 aliphatic carbocycles. The number of likely N-dealkylation sites (N-methyl/N-ethyl adjacent to an activating group) is 1. The summed E-state index contributed by atoms with van der Waals surface area (Å²) in [5.41, 5.74) is 11.2. The Labute approximate surface area is 257 Å². The lowest BCUT2D eigenvalue weighted by atomic mass is 9.86. The van der Waals surface area contributed by atoms with Gasteiger partial charge in [-0.1, -0.05) is 18.2 Å². The van der Waals surface area contributed by atoms with Crippen LogP contribution in [0.15, 0.2) is 73.2 Å². The Kier molecular flexibility index (Phi) is 7.09. The lowest BCUT2D eigenvalue weighted by Gasteiger charge is -2.45. The maximum absolute atomic E-state index is 13.1. The van der Waals surface area contributed by atoms with Crippen LogP contribution in [0.25, 0.3) is 11.0 Å². The fourth-order valence-corrected chi connectivity index (χ4v) is 6.26. The maximum Gasteiger partial charge on any atom is 0.322 e. The SMILES string of the molecule is CN1CC(=O)N2[C@H](c3ccc4c(c3)OCO4)c3nn4ccccc4c3C[C@@H]2C1=O.COC(=O)C(N)Cc1cnn2ccccc12. The predicted molar refractivity (Wildman–Crippen MR) is 160 cm³/mol. The highest BCUT2D eigenvalue weighted by atomic mass is 16.7. The van der Waals surface area contributed by atoms with E-state index in [1.807, 2.05) is 71.5 Å². The van der Waals surface area contributed by atoms with E-state index in [4.69, 9.17) is 20.3 Å². The van der Waals surface area contributed by atoms with Crippen molar-refractivity contribution in [1.82, 2.24) is 29.0 Å². The summed E-state index contributed by atoms with van der Waals surface area (Å²) in [7, 11) is 3.01. The Hall–Kier alpha value is -5.43. The van der Waals surface area contributed by atoms with Crippen LogP contribution in [0.5, 0.6) is 11.5 Å². The van der Waals surface area contributed by atoms with E-state index in [2.05, 4.69) is 9.84 Å². The van der Waals surface area contributed by atoms with Crippen molar-refractivity contribution < 1.29 is 28.6 Å². The second kappa shape index (κ2) is 11.2. The molecule has 1 unspecified atom stereocenters. The predicted octanol–water partition coefficient (Wildman–Crippen LogP) is 1.75. The Bertz CT molecular complexity index is 1950. The molecule has 1 aromatic carbocycles. The van der Waals surface area contributed by atoms with Gasteiger partial charge in [0.15, 0.2) is 11.5 Å². The van der Waals surface area contributed by atoms with E-state index in [1.165, 1.54) is 12.0 Å². The van der Waals surface area contributed by atoms with Gasteiger partial charge < -0.3 is 29.7 Å². The van der Waals surface area contributed by atoms with Crippen LogP contribution in [0, 0.1) is 0 Å². The van der Waals surface area contributed by atoms with Crippen molar-refractivity contribution in [2.45, 2.75) is 31.0 Å². The Morgan fingerprint density at radius 3 is 2.60 bits per heavy atom. The zero-order valence-electron chi connectivity index (χ0n) is 24.7. The second-order valence-corrected chi connectivity index (χ2v) is 11.2. The molecule has 0 spiro atoms. The molecule has 3 aliphatic rings. The summed E-state index contributed by atoms with van der Waals surface area (Å²) in [6.45, 7) is 0.247. The topological polar surface area (TPSA) is 146 Å². The molecular weight excluding hydrogens is 578 g/mol. The van der Waals surface area contributed by atoms with Crippen molar-refractivity contribution in [1.29, 1.82) is 0 Å². The molecule has 2 amide bonds. The van der Waals surface area contributed by atoms with Gasteiger partial charge in [-0.15, -0.1) is 0 Å². The van der Waals surface area contributed by atoms with Gasteiger partial charge >= 0.3 is 5.97 Å². The summed E-state index contributed by atoms with van der Waals surface area (Å²) >= 11 is 0. The van der Waals surface area contributed by atoms with Gasteiger partial charge in [0.25, 0.3) is 0 Å². The minimum atomic E-state index is -0.641. The van der Waals surface area contributed by atoms with Crippen LogP contribution in [0.3, 0.4) is 0 Å². The smallest absolute Gasteiger partial charge is 0.322 e. The number of nitrogens with two attached hydrogens (primary N) is 1. The number of fused-ring (bicyclic) bond motifs is 6. The maximum atomic E-state index is 13.1. The zero-order valence-corrected chi connectivity index (χ0v) is 24.7. The highest BCUT2D eigenvalue weighted by Crippen LogP contribution is 2.43.